The molecule has 0 unspecified atom stereocenters. The Kier molecular flexibility index (Phi) is 4.85. The molecule has 0 saturated carbocycles. The third-order valence-electron chi connectivity index (χ3n) is 2.89. The number of halogens is 1. The standard InChI is InChI=1S/C14H17FN4OS/c1-4-16-11-5-7-17-14-13(11)10(9-19(14)21-15)12(20)6-8-18(2)3/h5-9H,4H2,1-3H3,(H,16,17)/b8-6+. The summed E-state index contributed by atoms with van der Waals surface area (Å²) in [5, 5.41) is 3.81. The molecular formula is C14H17FN4OS. The summed E-state index contributed by atoms with van der Waals surface area (Å²) in [6.07, 6.45) is 6.20. The van der Waals surface area contributed by atoms with Gasteiger partial charge in [-0.3, -0.25) is 4.79 Å². The van der Waals surface area contributed by atoms with Gasteiger partial charge in [0.15, 0.2) is 23.8 Å². The molecule has 2 aromatic heterocycles. The molecule has 0 radical (unpaired) electrons. The van der Waals surface area contributed by atoms with E-state index in [-0.39, 0.29) is 18.1 Å². The predicted octanol–water partition coefficient (Wildman–Crippen LogP) is 3.11. The van der Waals surface area contributed by atoms with Crippen molar-refractivity contribution in [2.24, 2.45) is 0 Å². The molecule has 0 aliphatic rings. The van der Waals surface area contributed by atoms with Gasteiger partial charge in [-0.1, -0.05) is 0 Å². The van der Waals surface area contributed by atoms with Gasteiger partial charge in [0.2, 0.25) is 0 Å². The summed E-state index contributed by atoms with van der Waals surface area (Å²) in [5.74, 6) is -0.186. The van der Waals surface area contributed by atoms with Crippen LogP contribution in [0.5, 0.6) is 0 Å². The first-order chi connectivity index (χ1) is 10.1. The molecule has 0 amide bonds. The van der Waals surface area contributed by atoms with Gasteiger partial charge < -0.3 is 10.2 Å². The molecule has 7 heteroatoms. The maximum atomic E-state index is 13.0. The van der Waals surface area contributed by atoms with E-state index in [2.05, 4.69) is 10.3 Å². The van der Waals surface area contributed by atoms with Crippen LogP contribution in [0.1, 0.15) is 17.3 Å². The van der Waals surface area contributed by atoms with E-state index < -0.39 is 0 Å². The van der Waals surface area contributed by atoms with Crippen molar-refractivity contribution in [3.05, 3.63) is 36.3 Å². The van der Waals surface area contributed by atoms with Gasteiger partial charge in [-0.25, -0.2) is 8.96 Å². The lowest BCUT2D eigenvalue weighted by atomic mass is 10.1. The first-order valence-corrected chi connectivity index (χ1v) is 7.17. The number of ketones is 1. The molecule has 2 heterocycles. The normalized spacial score (nSPS) is 11.2. The monoisotopic (exact) mass is 308 g/mol. The van der Waals surface area contributed by atoms with Crippen LogP contribution >= 0.6 is 12.3 Å². The molecule has 2 rings (SSSR count). The Morgan fingerprint density at radius 3 is 2.95 bits per heavy atom. The zero-order valence-corrected chi connectivity index (χ0v) is 12.9. The van der Waals surface area contributed by atoms with E-state index in [0.29, 0.717) is 23.1 Å². The quantitative estimate of drug-likeness (QED) is 0.656. The molecule has 0 spiro atoms. The second kappa shape index (κ2) is 6.62. The van der Waals surface area contributed by atoms with Gasteiger partial charge in [-0.05, 0) is 13.0 Å². The van der Waals surface area contributed by atoms with E-state index in [4.69, 9.17) is 0 Å². The van der Waals surface area contributed by atoms with Crippen LogP contribution in [0.3, 0.4) is 0 Å². The Balaban J connectivity index is 2.59. The number of nitrogens with one attached hydrogen (secondary N) is 1. The Hall–Kier alpha value is -2.02. The lowest BCUT2D eigenvalue weighted by Crippen LogP contribution is -2.03. The van der Waals surface area contributed by atoms with Crippen LogP contribution in [0.25, 0.3) is 11.0 Å². The fourth-order valence-electron chi connectivity index (χ4n) is 2.01. The van der Waals surface area contributed by atoms with Crippen LogP contribution < -0.4 is 5.32 Å². The van der Waals surface area contributed by atoms with Crippen molar-refractivity contribution in [2.45, 2.75) is 6.92 Å². The molecule has 2 aromatic rings. The summed E-state index contributed by atoms with van der Waals surface area (Å²) in [6.45, 7) is 2.66. The Morgan fingerprint density at radius 1 is 1.57 bits per heavy atom. The van der Waals surface area contributed by atoms with Crippen LogP contribution in [0.4, 0.5) is 9.57 Å². The smallest absolute Gasteiger partial charge is 0.189 e. The van der Waals surface area contributed by atoms with Gasteiger partial charge in [0.1, 0.15) is 0 Å². The van der Waals surface area contributed by atoms with Crippen molar-refractivity contribution in [2.75, 3.05) is 26.0 Å². The Morgan fingerprint density at radius 2 is 2.33 bits per heavy atom. The molecule has 0 atom stereocenters. The number of hydrogen-bond acceptors (Lipinski definition) is 5. The largest absolute Gasteiger partial charge is 0.385 e. The third-order valence-corrected chi connectivity index (χ3v) is 3.31. The van der Waals surface area contributed by atoms with E-state index in [1.165, 1.54) is 16.2 Å². The highest BCUT2D eigenvalue weighted by Gasteiger charge is 2.18. The van der Waals surface area contributed by atoms with Crippen LogP contribution in [0, 0.1) is 0 Å². The molecule has 5 nitrogen and oxygen atoms in total. The molecule has 0 aromatic carbocycles. The molecule has 0 aliphatic heterocycles. The Bertz CT molecular complexity index is 681. The van der Waals surface area contributed by atoms with Gasteiger partial charge in [-0.2, -0.15) is 0 Å². The van der Waals surface area contributed by atoms with E-state index in [1.807, 2.05) is 21.0 Å². The van der Waals surface area contributed by atoms with Gasteiger partial charge in [0.25, 0.3) is 0 Å². The van der Waals surface area contributed by atoms with E-state index in [0.717, 1.165) is 5.69 Å². The summed E-state index contributed by atoms with van der Waals surface area (Å²) in [4.78, 5) is 18.3. The molecule has 1 N–H and O–H groups in total. The fraction of sp³-hybridized carbons (Fsp3) is 0.286. The molecule has 0 saturated heterocycles. The van der Waals surface area contributed by atoms with Crippen molar-refractivity contribution in [1.29, 1.82) is 0 Å². The highest BCUT2D eigenvalue weighted by atomic mass is 32.2. The summed E-state index contributed by atoms with van der Waals surface area (Å²) < 4.78 is 14.3. The number of pyridine rings is 1. The molecule has 112 valence electrons. The highest BCUT2D eigenvalue weighted by Crippen LogP contribution is 2.30. The zero-order valence-electron chi connectivity index (χ0n) is 12.1. The summed E-state index contributed by atoms with van der Waals surface area (Å²) in [5.41, 5.74) is 1.64. The molecule has 0 aliphatic carbocycles. The first-order valence-electron chi connectivity index (χ1n) is 6.50. The van der Waals surface area contributed by atoms with Gasteiger partial charge >= 0.3 is 0 Å². The minimum absolute atomic E-state index is 0.0274. The van der Waals surface area contributed by atoms with Crippen LogP contribution in [0.2, 0.25) is 0 Å². The second-order valence-electron chi connectivity index (χ2n) is 4.67. The summed E-state index contributed by atoms with van der Waals surface area (Å²) >= 11 is 0.0274. The number of aromatic nitrogens is 2. The minimum atomic E-state index is -0.186. The number of fused-ring (bicyclic) bond motifs is 1. The number of carbonyl (C=O) groups excluding carboxylic acids is 1. The van der Waals surface area contributed by atoms with Crippen LogP contribution in [-0.2, 0) is 0 Å². The lowest BCUT2D eigenvalue weighted by Gasteiger charge is -2.06. The zero-order chi connectivity index (χ0) is 15.4. The summed E-state index contributed by atoms with van der Waals surface area (Å²) in [6, 6.07) is 1.78. The maximum Gasteiger partial charge on any atom is 0.189 e. The van der Waals surface area contributed by atoms with Crippen LogP contribution in [-0.4, -0.2) is 40.3 Å². The van der Waals surface area contributed by atoms with Crippen molar-refractivity contribution in [3.8, 4) is 0 Å². The molecule has 0 fully saturated rings. The molecular weight excluding hydrogens is 291 g/mol. The number of hydrogen-bond donors (Lipinski definition) is 1. The first kappa shape index (κ1) is 15.4. The number of allylic oxidation sites excluding steroid dienone is 1. The average molecular weight is 308 g/mol. The van der Waals surface area contributed by atoms with Crippen LogP contribution in [0.15, 0.2) is 30.7 Å². The van der Waals surface area contributed by atoms with Crippen molar-refractivity contribution in [1.82, 2.24) is 13.9 Å². The van der Waals surface area contributed by atoms with Gasteiger partial charge in [0, 0.05) is 51.0 Å². The van der Waals surface area contributed by atoms with Gasteiger partial charge in [0.05, 0.1) is 10.9 Å². The maximum absolute atomic E-state index is 13.0. The van der Waals surface area contributed by atoms with Crippen molar-refractivity contribution >= 4 is 34.8 Å². The number of rotatable bonds is 6. The number of carbonyl (C=O) groups is 1. The average Bonchev–Trinajstić information content (AvgIpc) is 2.85. The van der Waals surface area contributed by atoms with E-state index in [1.54, 1.807) is 23.4 Å². The minimum Gasteiger partial charge on any atom is -0.385 e. The number of nitrogens with zero attached hydrogens (tertiary/aromatic N) is 3. The summed E-state index contributed by atoms with van der Waals surface area (Å²) in [7, 11) is 3.66. The molecule has 0 bridgehead atoms. The Labute approximate surface area is 127 Å². The highest BCUT2D eigenvalue weighted by molar-refractivity contribution is 7.92. The van der Waals surface area contributed by atoms with Crippen molar-refractivity contribution in [3.63, 3.8) is 0 Å². The lowest BCUT2D eigenvalue weighted by molar-refractivity contribution is 0.104. The van der Waals surface area contributed by atoms with E-state index >= 15 is 0 Å². The second-order valence-corrected chi connectivity index (χ2v) is 5.20. The van der Waals surface area contributed by atoms with E-state index in [9.17, 15) is 8.68 Å². The predicted molar refractivity (Wildman–Crippen MR) is 85.2 cm³/mol. The topological polar surface area (TPSA) is 50.2 Å². The fourth-order valence-corrected chi connectivity index (χ4v) is 2.36. The number of anilines is 1. The third kappa shape index (κ3) is 3.18. The van der Waals surface area contributed by atoms with Gasteiger partial charge in [-0.15, -0.1) is 3.89 Å². The SMILES string of the molecule is CCNc1ccnc2c1c(C(=O)/C=C/N(C)C)cn2SF. The molecule has 21 heavy (non-hydrogen) atoms. The van der Waals surface area contributed by atoms with Crippen molar-refractivity contribution < 1.29 is 8.68 Å².